The summed E-state index contributed by atoms with van der Waals surface area (Å²) < 4.78 is 0. The second-order valence-corrected chi connectivity index (χ2v) is 8.86. The Labute approximate surface area is 163 Å². The van der Waals surface area contributed by atoms with Gasteiger partial charge in [0.1, 0.15) is 11.6 Å². The molecule has 1 aromatic rings. The third-order valence-corrected chi connectivity index (χ3v) is 6.85. The number of carbonyl (C=O) groups is 1. The van der Waals surface area contributed by atoms with Gasteiger partial charge in [0.15, 0.2) is 0 Å². The van der Waals surface area contributed by atoms with Crippen molar-refractivity contribution in [1.29, 1.82) is 0 Å². The first-order valence-electron chi connectivity index (χ1n) is 11.0. The fraction of sp³-hybridized carbons (Fsp3) is 0.773. The maximum Gasteiger partial charge on any atom is 0.230 e. The molecule has 3 aliphatic rings. The molecule has 0 N–H and O–H groups in total. The van der Waals surface area contributed by atoms with Crippen LogP contribution in [-0.4, -0.2) is 46.5 Å². The van der Waals surface area contributed by atoms with Crippen LogP contribution in [0.2, 0.25) is 0 Å². The van der Waals surface area contributed by atoms with Gasteiger partial charge in [-0.3, -0.25) is 4.79 Å². The number of carbonyl (C=O) groups excluding carboxylic acids is 1. The summed E-state index contributed by atoms with van der Waals surface area (Å²) in [6.07, 6.45) is 11.6. The third kappa shape index (κ3) is 3.70. The van der Waals surface area contributed by atoms with E-state index >= 15 is 0 Å². The highest BCUT2D eigenvalue weighted by molar-refractivity contribution is 5.85. The molecular formula is C22H34N4O. The van der Waals surface area contributed by atoms with Gasteiger partial charge < -0.3 is 9.80 Å². The van der Waals surface area contributed by atoms with Crippen LogP contribution < -0.4 is 4.90 Å². The van der Waals surface area contributed by atoms with Crippen LogP contribution in [0, 0.1) is 12.3 Å². The first-order valence-corrected chi connectivity index (χ1v) is 11.0. The fourth-order valence-electron chi connectivity index (χ4n) is 5.45. The van der Waals surface area contributed by atoms with Crippen molar-refractivity contribution in [3.63, 3.8) is 0 Å². The van der Waals surface area contributed by atoms with Crippen LogP contribution in [0.4, 0.5) is 5.82 Å². The Morgan fingerprint density at radius 3 is 2.70 bits per heavy atom. The predicted molar refractivity (Wildman–Crippen MR) is 108 cm³/mol. The van der Waals surface area contributed by atoms with Gasteiger partial charge in [0.2, 0.25) is 5.91 Å². The zero-order valence-electron chi connectivity index (χ0n) is 17.0. The molecule has 0 bridgehead atoms. The fourth-order valence-corrected chi connectivity index (χ4v) is 5.45. The number of rotatable bonds is 4. The largest absolute Gasteiger partial charge is 0.355 e. The van der Waals surface area contributed by atoms with Gasteiger partial charge in [-0.2, -0.15) is 0 Å². The van der Waals surface area contributed by atoms with E-state index in [1.54, 1.807) is 0 Å². The summed E-state index contributed by atoms with van der Waals surface area (Å²) in [6.45, 7) is 6.90. The molecule has 5 nitrogen and oxygen atoms in total. The molecular weight excluding hydrogens is 336 g/mol. The Hall–Kier alpha value is -1.65. The first kappa shape index (κ1) is 18.7. The van der Waals surface area contributed by atoms with E-state index < -0.39 is 0 Å². The number of likely N-dealkylation sites (tertiary alicyclic amines) is 1. The van der Waals surface area contributed by atoms with Crippen molar-refractivity contribution < 1.29 is 4.79 Å². The van der Waals surface area contributed by atoms with Crippen molar-refractivity contribution in [2.24, 2.45) is 5.41 Å². The molecule has 0 aromatic carbocycles. The molecule has 1 atom stereocenters. The van der Waals surface area contributed by atoms with Crippen molar-refractivity contribution in [2.75, 3.05) is 24.5 Å². The molecule has 1 saturated carbocycles. The van der Waals surface area contributed by atoms with Crippen molar-refractivity contribution in [1.82, 2.24) is 14.9 Å². The summed E-state index contributed by atoms with van der Waals surface area (Å²) in [5.74, 6) is 2.30. The number of anilines is 1. The Morgan fingerprint density at radius 1 is 1.11 bits per heavy atom. The number of piperidine rings is 1. The molecule has 3 heterocycles. The Morgan fingerprint density at radius 2 is 1.93 bits per heavy atom. The van der Waals surface area contributed by atoms with E-state index in [0.717, 1.165) is 69.1 Å². The van der Waals surface area contributed by atoms with E-state index in [1.807, 2.05) is 6.92 Å². The molecule has 1 aromatic heterocycles. The number of hydrogen-bond donors (Lipinski definition) is 0. The Balaban J connectivity index is 1.51. The first-order chi connectivity index (χ1) is 13.1. The minimum atomic E-state index is -0.181. The number of hydrogen-bond acceptors (Lipinski definition) is 4. The van der Waals surface area contributed by atoms with Gasteiger partial charge in [0.25, 0.3) is 0 Å². The summed E-state index contributed by atoms with van der Waals surface area (Å²) in [4.78, 5) is 27.4. The lowest BCUT2D eigenvalue weighted by Crippen LogP contribution is -2.54. The van der Waals surface area contributed by atoms with Crippen molar-refractivity contribution in [3.8, 4) is 0 Å². The van der Waals surface area contributed by atoms with Crippen molar-refractivity contribution in [3.05, 3.63) is 17.6 Å². The standard InChI is InChI=1S/C22H34N4O/c1-3-8-18-15-20(24-17(2)23-18)25-14-12-22(16-25)11-7-13-26(21(22)27)19-9-5-4-6-10-19/h15,19H,3-14,16H2,1-2H3/t22-/m1/s1. The van der Waals surface area contributed by atoms with E-state index in [0.29, 0.717) is 11.9 Å². The van der Waals surface area contributed by atoms with Gasteiger partial charge in [-0.15, -0.1) is 0 Å². The molecule has 0 unspecified atom stereocenters. The molecule has 2 saturated heterocycles. The van der Waals surface area contributed by atoms with E-state index in [9.17, 15) is 4.79 Å². The molecule has 1 spiro atoms. The average molecular weight is 371 g/mol. The number of nitrogens with zero attached hydrogens (tertiary/aromatic N) is 4. The van der Waals surface area contributed by atoms with Crippen LogP contribution in [-0.2, 0) is 11.2 Å². The van der Waals surface area contributed by atoms with Gasteiger partial charge in [0.05, 0.1) is 5.41 Å². The van der Waals surface area contributed by atoms with Gasteiger partial charge in [0, 0.05) is 37.4 Å². The normalized spacial score (nSPS) is 27.0. The molecule has 1 amide bonds. The van der Waals surface area contributed by atoms with Gasteiger partial charge in [-0.05, 0) is 45.4 Å². The van der Waals surface area contributed by atoms with Gasteiger partial charge >= 0.3 is 0 Å². The topological polar surface area (TPSA) is 49.3 Å². The third-order valence-electron chi connectivity index (χ3n) is 6.85. The van der Waals surface area contributed by atoms with Gasteiger partial charge in [-0.1, -0.05) is 32.6 Å². The Kier molecular flexibility index (Phi) is 5.38. The zero-order valence-corrected chi connectivity index (χ0v) is 17.0. The van der Waals surface area contributed by atoms with Crippen LogP contribution in [0.1, 0.15) is 76.2 Å². The molecule has 2 aliphatic heterocycles. The number of aryl methyl sites for hydroxylation is 2. The lowest BCUT2D eigenvalue weighted by atomic mass is 9.77. The zero-order chi connectivity index (χ0) is 18.9. The second-order valence-electron chi connectivity index (χ2n) is 8.86. The summed E-state index contributed by atoms with van der Waals surface area (Å²) in [6, 6.07) is 2.64. The van der Waals surface area contributed by atoms with Crippen molar-refractivity contribution in [2.45, 2.75) is 84.1 Å². The molecule has 148 valence electrons. The van der Waals surface area contributed by atoms with Crippen LogP contribution in [0.25, 0.3) is 0 Å². The van der Waals surface area contributed by atoms with E-state index in [-0.39, 0.29) is 5.41 Å². The quantitative estimate of drug-likeness (QED) is 0.807. The SMILES string of the molecule is CCCc1cc(N2CC[C@]3(CCCN(C4CCCCC4)C3=O)C2)nc(C)n1. The van der Waals surface area contributed by atoms with Crippen LogP contribution >= 0.6 is 0 Å². The molecule has 1 aliphatic carbocycles. The summed E-state index contributed by atoms with van der Waals surface area (Å²) in [7, 11) is 0. The maximum atomic E-state index is 13.5. The van der Waals surface area contributed by atoms with Crippen LogP contribution in [0.5, 0.6) is 0 Å². The second kappa shape index (κ2) is 7.76. The predicted octanol–water partition coefficient (Wildman–Crippen LogP) is 3.89. The summed E-state index contributed by atoms with van der Waals surface area (Å²) in [5.41, 5.74) is 0.944. The molecule has 5 heteroatoms. The minimum Gasteiger partial charge on any atom is -0.355 e. The van der Waals surface area contributed by atoms with E-state index in [1.165, 1.54) is 32.1 Å². The highest BCUT2D eigenvalue weighted by Crippen LogP contribution is 2.43. The summed E-state index contributed by atoms with van der Waals surface area (Å²) in [5, 5.41) is 0. The molecule has 3 fully saturated rings. The minimum absolute atomic E-state index is 0.181. The lowest BCUT2D eigenvalue weighted by molar-refractivity contribution is -0.148. The van der Waals surface area contributed by atoms with Crippen molar-refractivity contribution >= 4 is 11.7 Å². The highest BCUT2D eigenvalue weighted by Gasteiger charge is 2.49. The monoisotopic (exact) mass is 370 g/mol. The maximum absolute atomic E-state index is 13.5. The molecule has 4 rings (SSSR count). The van der Waals surface area contributed by atoms with E-state index in [2.05, 4.69) is 27.8 Å². The van der Waals surface area contributed by atoms with Crippen LogP contribution in [0.3, 0.4) is 0 Å². The average Bonchev–Trinajstić information content (AvgIpc) is 3.10. The summed E-state index contributed by atoms with van der Waals surface area (Å²) >= 11 is 0. The lowest BCUT2D eigenvalue weighted by Gasteiger charge is -2.44. The Bertz CT molecular complexity index is 685. The highest BCUT2D eigenvalue weighted by atomic mass is 16.2. The smallest absolute Gasteiger partial charge is 0.230 e. The van der Waals surface area contributed by atoms with Gasteiger partial charge in [-0.25, -0.2) is 9.97 Å². The molecule has 0 radical (unpaired) electrons. The van der Waals surface area contributed by atoms with Crippen LogP contribution in [0.15, 0.2) is 6.07 Å². The molecule has 27 heavy (non-hydrogen) atoms. The number of amides is 1. The van der Waals surface area contributed by atoms with E-state index in [4.69, 9.17) is 4.98 Å². The number of aromatic nitrogens is 2.